The topological polar surface area (TPSA) is 103 Å². The van der Waals surface area contributed by atoms with Crippen LogP contribution >= 0.6 is 0 Å². The van der Waals surface area contributed by atoms with Gasteiger partial charge >= 0.3 is 0 Å². The van der Waals surface area contributed by atoms with E-state index in [1.807, 2.05) is 4.90 Å². The van der Waals surface area contributed by atoms with Crippen molar-refractivity contribution in [2.75, 3.05) is 32.2 Å². The Balaban J connectivity index is 1.74. The van der Waals surface area contributed by atoms with Crippen molar-refractivity contribution in [3.8, 4) is 22.9 Å². The van der Waals surface area contributed by atoms with Crippen LogP contribution in [0.5, 0.6) is 11.5 Å². The van der Waals surface area contributed by atoms with Crippen LogP contribution in [0.3, 0.4) is 0 Å². The fourth-order valence-electron chi connectivity index (χ4n) is 4.08. The molecule has 3 heterocycles. The number of aliphatic hydroxyl groups excluding tert-OH is 1. The summed E-state index contributed by atoms with van der Waals surface area (Å²) in [6.07, 6.45) is 2.15. The van der Waals surface area contributed by atoms with Crippen LogP contribution < -0.4 is 19.9 Å². The van der Waals surface area contributed by atoms with Gasteiger partial charge in [0.1, 0.15) is 23.9 Å². The van der Waals surface area contributed by atoms with E-state index in [9.17, 15) is 9.90 Å². The second-order valence-corrected chi connectivity index (χ2v) is 8.63. The van der Waals surface area contributed by atoms with Crippen molar-refractivity contribution in [3.63, 3.8) is 0 Å². The Morgan fingerprint density at radius 1 is 1.12 bits per heavy atom. The predicted octanol–water partition coefficient (Wildman–Crippen LogP) is 2.30. The van der Waals surface area contributed by atoms with Crippen LogP contribution in [0.15, 0.2) is 47.7 Å². The molecule has 4 rings (SSSR count). The Bertz CT molecular complexity index is 1160. The standard InChI is InChI=1S/C23H27N5O4/c1-23(2)12-27(11-19(29)16-9-15(31-3)5-6-20(16)32-4)22-26-18(10-21(30)28(22)13-23)17-7-8-24-14-25-17/h5-10,14,19,29H,11-13H2,1-4H3. The number of hydrogen-bond donors (Lipinski definition) is 1. The van der Waals surface area contributed by atoms with Gasteiger partial charge in [0.25, 0.3) is 5.56 Å². The summed E-state index contributed by atoms with van der Waals surface area (Å²) < 4.78 is 12.4. The van der Waals surface area contributed by atoms with E-state index < -0.39 is 6.10 Å². The third-order valence-corrected chi connectivity index (χ3v) is 5.51. The molecule has 9 heteroatoms. The number of fused-ring (bicyclic) bond motifs is 1. The quantitative estimate of drug-likeness (QED) is 0.627. The molecule has 1 aliphatic rings. The van der Waals surface area contributed by atoms with Crippen LogP contribution in [0.25, 0.3) is 11.4 Å². The van der Waals surface area contributed by atoms with Gasteiger partial charge in [0.15, 0.2) is 0 Å². The maximum Gasteiger partial charge on any atom is 0.255 e. The molecule has 168 valence electrons. The number of anilines is 1. The highest BCUT2D eigenvalue weighted by Gasteiger charge is 2.34. The van der Waals surface area contributed by atoms with Crippen LogP contribution in [-0.2, 0) is 6.54 Å². The summed E-state index contributed by atoms with van der Waals surface area (Å²) in [5, 5.41) is 11.1. The van der Waals surface area contributed by atoms with Crippen molar-refractivity contribution in [3.05, 3.63) is 58.8 Å². The average Bonchev–Trinajstić information content (AvgIpc) is 2.79. The van der Waals surface area contributed by atoms with Crippen molar-refractivity contribution in [1.82, 2.24) is 19.5 Å². The van der Waals surface area contributed by atoms with Gasteiger partial charge in [0.05, 0.1) is 32.2 Å². The molecule has 0 spiro atoms. The van der Waals surface area contributed by atoms with E-state index in [-0.39, 0.29) is 17.5 Å². The van der Waals surface area contributed by atoms with E-state index in [1.165, 1.54) is 12.4 Å². The summed E-state index contributed by atoms with van der Waals surface area (Å²) in [5.41, 5.74) is 1.31. The number of benzene rings is 1. The maximum absolute atomic E-state index is 13.0. The highest BCUT2D eigenvalue weighted by Crippen LogP contribution is 2.34. The third-order valence-electron chi connectivity index (χ3n) is 5.51. The Hall–Kier alpha value is -3.46. The molecule has 3 aromatic rings. The first-order valence-electron chi connectivity index (χ1n) is 10.3. The summed E-state index contributed by atoms with van der Waals surface area (Å²) in [4.78, 5) is 27.8. The fraction of sp³-hybridized carbons (Fsp3) is 0.391. The van der Waals surface area contributed by atoms with Crippen molar-refractivity contribution >= 4 is 5.95 Å². The lowest BCUT2D eigenvalue weighted by Crippen LogP contribution is -2.48. The van der Waals surface area contributed by atoms with Crippen LogP contribution in [-0.4, -0.2) is 51.9 Å². The smallest absolute Gasteiger partial charge is 0.255 e. The first-order chi connectivity index (χ1) is 15.3. The van der Waals surface area contributed by atoms with E-state index in [2.05, 4.69) is 23.8 Å². The molecule has 0 radical (unpaired) electrons. The summed E-state index contributed by atoms with van der Waals surface area (Å²) in [7, 11) is 3.14. The molecule has 1 unspecified atom stereocenters. The lowest BCUT2D eigenvalue weighted by molar-refractivity contribution is 0.167. The van der Waals surface area contributed by atoms with Crippen molar-refractivity contribution < 1.29 is 14.6 Å². The summed E-state index contributed by atoms with van der Waals surface area (Å²) in [5.74, 6) is 1.70. The normalized spacial score (nSPS) is 15.7. The molecule has 1 aromatic carbocycles. The van der Waals surface area contributed by atoms with Gasteiger partial charge in [0, 0.05) is 36.3 Å². The minimum Gasteiger partial charge on any atom is -0.497 e. The number of aliphatic hydroxyl groups is 1. The van der Waals surface area contributed by atoms with Gasteiger partial charge in [-0.05, 0) is 24.3 Å². The van der Waals surface area contributed by atoms with Gasteiger partial charge in [-0.15, -0.1) is 0 Å². The number of aromatic nitrogens is 4. The molecule has 0 aliphatic carbocycles. The zero-order valence-electron chi connectivity index (χ0n) is 18.6. The SMILES string of the molecule is COc1ccc(OC)c(C(O)CN2CC(C)(C)Cn3c2nc(-c2ccncn2)cc3=O)c1. The summed E-state index contributed by atoms with van der Waals surface area (Å²) >= 11 is 0. The predicted molar refractivity (Wildman–Crippen MR) is 120 cm³/mol. The Morgan fingerprint density at radius 3 is 2.62 bits per heavy atom. The van der Waals surface area contributed by atoms with Crippen LogP contribution in [0, 0.1) is 5.41 Å². The zero-order valence-corrected chi connectivity index (χ0v) is 18.6. The number of methoxy groups -OCH3 is 2. The van der Waals surface area contributed by atoms with Crippen molar-refractivity contribution in [2.24, 2.45) is 5.41 Å². The maximum atomic E-state index is 13.0. The Morgan fingerprint density at radius 2 is 1.94 bits per heavy atom. The van der Waals surface area contributed by atoms with Gasteiger partial charge in [-0.1, -0.05) is 13.8 Å². The molecular formula is C23H27N5O4. The van der Waals surface area contributed by atoms with Gasteiger partial charge in [-0.25, -0.2) is 15.0 Å². The van der Waals surface area contributed by atoms with Gasteiger partial charge in [0.2, 0.25) is 5.95 Å². The van der Waals surface area contributed by atoms with Crippen molar-refractivity contribution in [2.45, 2.75) is 26.5 Å². The molecular weight excluding hydrogens is 410 g/mol. The molecule has 0 saturated heterocycles. The van der Waals surface area contributed by atoms with E-state index in [1.54, 1.807) is 49.2 Å². The van der Waals surface area contributed by atoms with Gasteiger partial charge in [-0.2, -0.15) is 0 Å². The van der Waals surface area contributed by atoms with Crippen LogP contribution in [0.1, 0.15) is 25.5 Å². The summed E-state index contributed by atoms with van der Waals surface area (Å²) in [6.45, 7) is 5.56. The molecule has 0 amide bonds. The minimum atomic E-state index is -0.887. The lowest BCUT2D eigenvalue weighted by atomic mass is 9.90. The molecule has 0 bridgehead atoms. The van der Waals surface area contributed by atoms with Crippen molar-refractivity contribution in [1.29, 1.82) is 0 Å². The molecule has 0 fully saturated rings. The molecule has 1 atom stereocenters. The monoisotopic (exact) mass is 437 g/mol. The average molecular weight is 438 g/mol. The first kappa shape index (κ1) is 21.8. The molecule has 32 heavy (non-hydrogen) atoms. The number of hydrogen-bond acceptors (Lipinski definition) is 8. The minimum absolute atomic E-state index is 0.158. The molecule has 2 aromatic heterocycles. The van der Waals surface area contributed by atoms with E-state index in [0.717, 1.165) is 0 Å². The largest absolute Gasteiger partial charge is 0.497 e. The van der Waals surface area contributed by atoms with Crippen LogP contribution in [0.4, 0.5) is 5.95 Å². The Kier molecular flexibility index (Phi) is 5.84. The number of nitrogens with zero attached hydrogens (tertiary/aromatic N) is 5. The van der Waals surface area contributed by atoms with Crippen LogP contribution in [0.2, 0.25) is 0 Å². The summed E-state index contributed by atoms with van der Waals surface area (Å²) in [6, 6.07) is 8.51. The Labute approximate surface area is 186 Å². The fourth-order valence-corrected chi connectivity index (χ4v) is 4.08. The molecule has 9 nitrogen and oxygen atoms in total. The molecule has 1 N–H and O–H groups in total. The van der Waals surface area contributed by atoms with Gasteiger partial charge in [-0.3, -0.25) is 9.36 Å². The second kappa shape index (κ2) is 8.58. The van der Waals surface area contributed by atoms with E-state index >= 15 is 0 Å². The third kappa shape index (κ3) is 4.29. The number of β-amino-alcohol motifs (C(OH)–C–C–N with tert-alkyl or cyclic N) is 1. The lowest BCUT2D eigenvalue weighted by Gasteiger charge is -2.41. The van der Waals surface area contributed by atoms with E-state index in [0.29, 0.717) is 47.5 Å². The van der Waals surface area contributed by atoms with E-state index in [4.69, 9.17) is 14.5 Å². The number of rotatable bonds is 6. The van der Waals surface area contributed by atoms with Gasteiger partial charge < -0.3 is 19.5 Å². The highest BCUT2D eigenvalue weighted by molar-refractivity contribution is 5.55. The first-order valence-corrected chi connectivity index (χ1v) is 10.3. The number of ether oxygens (including phenoxy) is 2. The zero-order chi connectivity index (χ0) is 22.9. The second-order valence-electron chi connectivity index (χ2n) is 8.63. The molecule has 1 aliphatic heterocycles. The highest BCUT2D eigenvalue weighted by atomic mass is 16.5. The molecule has 0 saturated carbocycles.